The normalized spacial score (nSPS) is 14.0. The molecular weight excluding hydrogens is 376 g/mol. The summed E-state index contributed by atoms with van der Waals surface area (Å²) in [4.78, 5) is 37.4. The van der Waals surface area contributed by atoms with Crippen LogP contribution in [0.5, 0.6) is 0 Å². The Balaban J connectivity index is 2.98. The number of hydrogen-bond acceptors (Lipinski definition) is 6. The summed E-state index contributed by atoms with van der Waals surface area (Å²) < 4.78 is 10.1. The predicted molar refractivity (Wildman–Crippen MR) is 107 cm³/mol. The van der Waals surface area contributed by atoms with E-state index in [2.05, 4.69) is 5.32 Å². The number of nitrogens with one attached hydrogen (secondary N) is 2. The molecule has 3 atom stereocenters. The smallest absolute Gasteiger partial charge is 0.329 e. The second-order valence-electron chi connectivity index (χ2n) is 7.41. The molecule has 0 bridgehead atoms. The average Bonchev–Trinajstić information content (AvgIpc) is 2.71. The van der Waals surface area contributed by atoms with Gasteiger partial charge in [0.05, 0.1) is 6.61 Å². The fourth-order valence-electron chi connectivity index (χ4n) is 2.98. The summed E-state index contributed by atoms with van der Waals surface area (Å²) in [6.07, 6.45) is 0.685. The predicted octanol–water partition coefficient (Wildman–Crippen LogP) is 1.71. The molecule has 3 N–H and O–H groups in total. The van der Waals surface area contributed by atoms with Gasteiger partial charge in [-0.05, 0) is 17.9 Å². The summed E-state index contributed by atoms with van der Waals surface area (Å²) in [5.41, 5.74) is 2.46. The van der Waals surface area contributed by atoms with Crippen LogP contribution >= 0.6 is 0 Å². The highest BCUT2D eigenvalue weighted by Crippen LogP contribution is 2.22. The van der Waals surface area contributed by atoms with E-state index in [1.807, 2.05) is 44.2 Å². The average molecular weight is 408 g/mol. The number of rotatable bonds is 12. The summed E-state index contributed by atoms with van der Waals surface area (Å²) in [5, 5.41) is 11.7. The van der Waals surface area contributed by atoms with Crippen LogP contribution in [0.3, 0.4) is 0 Å². The molecule has 0 aromatic heterocycles. The van der Waals surface area contributed by atoms with E-state index < -0.39 is 35.7 Å². The molecule has 0 aliphatic rings. The maximum absolute atomic E-state index is 13.0. The van der Waals surface area contributed by atoms with Gasteiger partial charge in [-0.1, -0.05) is 51.1 Å². The monoisotopic (exact) mass is 408 g/mol. The molecule has 8 heteroatoms. The Morgan fingerprint density at radius 1 is 1.03 bits per heavy atom. The number of amides is 2. The molecule has 1 unspecified atom stereocenters. The minimum atomic E-state index is -0.902. The van der Waals surface area contributed by atoms with Gasteiger partial charge in [0.25, 0.3) is 0 Å². The second-order valence-corrected chi connectivity index (χ2v) is 7.41. The number of hydroxylamine groups is 1. The first kappa shape index (κ1) is 24.6. The lowest BCUT2D eigenvalue weighted by Gasteiger charge is -2.26. The van der Waals surface area contributed by atoms with Crippen molar-refractivity contribution in [2.24, 2.45) is 17.8 Å². The van der Waals surface area contributed by atoms with E-state index in [0.717, 1.165) is 5.56 Å². The van der Waals surface area contributed by atoms with Gasteiger partial charge >= 0.3 is 5.97 Å². The number of ether oxygens (including phenoxy) is 2. The van der Waals surface area contributed by atoms with Crippen molar-refractivity contribution in [3.05, 3.63) is 35.9 Å². The van der Waals surface area contributed by atoms with Crippen LogP contribution in [0, 0.1) is 17.8 Å². The summed E-state index contributed by atoms with van der Waals surface area (Å²) in [7, 11) is 1.50. The van der Waals surface area contributed by atoms with Crippen LogP contribution in [-0.4, -0.2) is 49.4 Å². The number of hydrogen-bond donors (Lipinski definition) is 3. The molecular formula is C21H32N2O6. The Morgan fingerprint density at radius 2 is 1.69 bits per heavy atom. The molecule has 1 rings (SSSR count). The maximum Gasteiger partial charge on any atom is 0.329 e. The van der Waals surface area contributed by atoms with Crippen LogP contribution < -0.4 is 10.8 Å². The molecule has 1 aromatic carbocycles. The van der Waals surface area contributed by atoms with E-state index in [0.29, 0.717) is 6.42 Å². The van der Waals surface area contributed by atoms with Crippen LogP contribution in [0.25, 0.3) is 0 Å². The molecule has 1 aromatic rings. The first-order valence-corrected chi connectivity index (χ1v) is 9.73. The van der Waals surface area contributed by atoms with Crippen LogP contribution in [0.4, 0.5) is 0 Å². The van der Waals surface area contributed by atoms with Crippen molar-refractivity contribution in [2.45, 2.75) is 39.7 Å². The van der Waals surface area contributed by atoms with Crippen LogP contribution in [-0.2, 0) is 30.3 Å². The third-order valence-electron chi connectivity index (χ3n) is 4.60. The zero-order valence-corrected chi connectivity index (χ0v) is 17.5. The maximum atomic E-state index is 13.0. The molecule has 2 amide bonds. The fourth-order valence-corrected chi connectivity index (χ4v) is 2.98. The van der Waals surface area contributed by atoms with E-state index in [-0.39, 0.29) is 25.6 Å². The van der Waals surface area contributed by atoms with Gasteiger partial charge in [-0.25, -0.2) is 10.3 Å². The molecule has 0 saturated carbocycles. The van der Waals surface area contributed by atoms with Crippen molar-refractivity contribution in [3.63, 3.8) is 0 Å². The summed E-state index contributed by atoms with van der Waals surface area (Å²) >= 11 is 0. The van der Waals surface area contributed by atoms with E-state index in [1.54, 1.807) is 12.4 Å². The first-order valence-electron chi connectivity index (χ1n) is 9.73. The number of carbonyl (C=O) groups is 3. The lowest BCUT2D eigenvalue weighted by Crippen LogP contribution is -2.48. The summed E-state index contributed by atoms with van der Waals surface area (Å²) in [6.45, 7) is 5.77. The lowest BCUT2D eigenvalue weighted by atomic mass is 9.85. The fraction of sp³-hybridized carbons (Fsp3) is 0.571. The third kappa shape index (κ3) is 8.62. The standard InChI is InChI=1S/C21H32N2O6/c1-14(2)12-17(15(3)19(24)23-27)20(25)22-18(21(26)29-11-10-28-4)13-16-8-6-5-7-9-16/h5-9,14-15,17-18,27H,10-13H2,1-4H3,(H,22,25)(H,23,24)/t15-,17?,18-/m0/s1. The van der Waals surface area contributed by atoms with Crippen molar-refractivity contribution < 1.29 is 29.1 Å². The van der Waals surface area contributed by atoms with Gasteiger partial charge in [0, 0.05) is 25.4 Å². The molecule has 0 aliphatic carbocycles. The largest absolute Gasteiger partial charge is 0.462 e. The Bertz CT molecular complexity index is 650. The van der Waals surface area contributed by atoms with Gasteiger partial charge in [-0.15, -0.1) is 0 Å². The molecule has 8 nitrogen and oxygen atoms in total. The van der Waals surface area contributed by atoms with Crippen molar-refractivity contribution in [1.29, 1.82) is 0 Å². The van der Waals surface area contributed by atoms with Crippen molar-refractivity contribution in [3.8, 4) is 0 Å². The Morgan fingerprint density at radius 3 is 2.24 bits per heavy atom. The van der Waals surface area contributed by atoms with E-state index in [4.69, 9.17) is 14.7 Å². The number of carbonyl (C=O) groups excluding carboxylic acids is 3. The summed E-state index contributed by atoms with van der Waals surface area (Å²) in [6, 6.07) is 8.37. The zero-order chi connectivity index (χ0) is 21.8. The molecule has 0 fully saturated rings. The Labute approximate surface area is 171 Å². The molecule has 162 valence electrons. The first-order chi connectivity index (χ1) is 13.8. The lowest BCUT2D eigenvalue weighted by molar-refractivity contribution is -0.150. The van der Waals surface area contributed by atoms with E-state index >= 15 is 0 Å². The van der Waals surface area contributed by atoms with Crippen molar-refractivity contribution in [1.82, 2.24) is 10.8 Å². The van der Waals surface area contributed by atoms with Gasteiger partial charge < -0.3 is 14.8 Å². The van der Waals surface area contributed by atoms with E-state index in [1.165, 1.54) is 7.11 Å². The topological polar surface area (TPSA) is 114 Å². The molecule has 0 aliphatic heterocycles. The molecule has 0 saturated heterocycles. The molecule has 0 spiro atoms. The second kappa shape index (κ2) is 12.9. The van der Waals surface area contributed by atoms with Crippen LogP contribution in [0.1, 0.15) is 32.8 Å². The van der Waals surface area contributed by atoms with E-state index in [9.17, 15) is 14.4 Å². The Hall–Kier alpha value is -2.45. The number of esters is 1. The number of methoxy groups -OCH3 is 1. The van der Waals surface area contributed by atoms with Gasteiger partial charge in [-0.3, -0.25) is 14.8 Å². The quantitative estimate of drug-likeness (QED) is 0.210. The minimum Gasteiger partial charge on any atom is -0.462 e. The molecule has 0 heterocycles. The van der Waals surface area contributed by atoms with Gasteiger partial charge in [-0.2, -0.15) is 0 Å². The highest BCUT2D eigenvalue weighted by molar-refractivity contribution is 5.90. The van der Waals surface area contributed by atoms with Crippen LogP contribution in [0.15, 0.2) is 30.3 Å². The SMILES string of the molecule is COCCOC(=O)[C@H](Cc1ccccc1)NC(=O)C(CC(C)C)[C@H](C)C(=O)NO. The third-order valence-corrected chi connectivity index (χ3v) is 4.60. The van der Waals surface area contributed by atoms with Gasteiger partial charge in [0.1, 0.15) is 12.6 Å². The minimum absolute atomic E-state index is 0.0786. The summed E-state index contributed by atoms with van der Waals surface area (Å²) in [5.74, 6) is -2.97. The van der Waals surface area contributed by atoms with Crippen molar-refractivity contribution >= 4 is 17.8 Å². The highest BCUT2D eigenvalue weighted by atomic mass is 16.6. The Kier molecular flexibility index (Phi) is 10.9. The van der Waals surface area contributed by atoms with Crippen molar-refractivity contribution in [2.75, 3.05) is 20.3 Å². The molecule has 29 heavy (non-hydrogen) atoms. The zero-order valence-electron chi connectivity index (χ0n) is 17.5. The highest BCUT2D eigenvalue weighted by Gasteiger charge is 2.33. The van der Waals surface area contributed by atoms with Crippen LogP contribution in [0.2, 0.25) is 0 Å². The molecule has 0 radical (unpaired) electrons. The van der Waals surface area contributed by atoms with Gasteiger partial charge in [0.2, 0.25) is 11.8 Å². The van der Waals surface area contributed by atoms with Gasteiger partial charge in [0.15, 0.2) is 0 Å². The number of benzene rings is 1.